The van der Waals surface area contributed by atoms with Gasteiger partial charge in [0.05, 0.1) is 12.2 Å². The van der Waals surface area contributed by atoms with Crippen LogP contribution in [0.4, 0.5) is 10.1 Å². The minimum atomic E-state index is -0.247. The number of nitrogens with one attached hydrogen (secondary N) is 1. The minimum absolute atomic E-state index is 0. The molecule has 0 saturated carbocycles. The Morgan fingerprint density at radius 3 is 2.53 bits per heavy atom. The van der Waals surface area contributed by atoms with Crippen molar-refractivity contribution in [3.05, 3.63) is 29.6 Å². The van der Waals surface area contributed by atoms with Crippen molar-refractivity contribution in [1.82, 2.24) is 5.32 Å². The molecule has 3 N–H and O–H groups in total. The van der Waals surface area contributed by atoms with Gasteiger partial charge in [-0.1, -0.05) is 6.07 Å². The van der Waals surface area contributed by atoms with Crippen molar-refractivity contribution in [2.45, 2.75) is 26.4 Å². The fraction of sp³-hybridized carbons (Fsp3) is 0.462. The summed E-state index contributed by atoms with van der Waals surface area (Å²) >= 11 is 0. The largest absolute Gasteiger partial charge is 0.375 e. The molecule has 0 radical (unpaired) electrons. The van der Waals surface area contributed by atoms with Gasteiger partial charge in [-0.3, -0.25) is 0 Å². The highest BCUT2D eigenvalue weighted by atomic mass is 127. The number of benzene rings is 1. The van der Waals surface area contributed by atoms with Gasteiger partial charge in [0.1, 0.15) is 5.82 Å². The Morgan fingerprint density at radius 2 is 2.05 bits per heavy atom. The maximum atomic E-state index is 13.7. The van der Waals surface area contributed by atoms with Crippen LogP contribution >= 0.6 is 24.0 Å². The van der Waals surface area contributed by atoms with E-state index in [0.29, 0.717) is 18.2 Å². The van der Waals surface area contributed by atoms with Gasteiger partial charge in [-0.2, -0.15) is 0 Å². The molecule has 4 nitrogen and oxygen atoms in total. The number of anilines is 1. The lowest BCUT2D eigenvalue weighted by atomic mass is 10.2. The van der Waals surface area contributed by atoms with Crippen LogP contribution in [0.1, 0.15) is 19.4 Å². The van der Waals surface area contributed by atoms with Gasteiger partial charge in [0, 0.05) is 20.1 Å². The molecular formula is C13H22FIN4. The van der Waals surface area contributed by atoms with Crippen molar-refractivity contribution in [1.29, 1.82) is 0 Å². The SMILES string of the molecule is CC(C)NC(N)=NCc1ccc(N(C)C)c(F)c1.I. The summed E-state index contributed by atoms with van der Waals surface area (Å²) in [6.07, 6.45) is 0. The van der Waals surface area contributed by atoms with Crippen LogP contribution in [0.3, 0.4) is 0 Å². The quantitative estimate of drug-likeness (QED) is 0.479. The first kappa shape index (κ1) is 17.9. The zero-order valence-corrected chi connectivity index (χ0v) is 14.1. The van der Waals surface area contributed by atoms with Crippen LogP contribution in [0.15, 0.2) is 23.2 Å². The van der Waals surface area contributed by atoms with Crippen LogP contribution in [-0.4, -0.2) is 26.1 Å². The van der Waals surface area contributed by atoms with Gasteiger partial charge in [-0.25, -0.2) is 9.38 Å². The molecule has 0 atom stereocenters. The molecule has 6 heteroatoms. The van der Waals surface area contributed by atoms with E-state index in [2.05, 4.69) is 10.3 Å². The van der Waals surface area contributed by atoms with Gasteiger partial charge in [0.2, 0.25) is 0 Å². The van der Waals surface area contributed by atoms with Crippen LogP contribution in [0.2, 0.25) is 0 Å². The van der Waals surface area contributed by atoms with Crippen molar-refractivity contribution < 1.29 is 4.39 Å². The summed E-state index contributed by atoms with van der Waals surface area (Å²) in [6.45, 7) is 4.33. The molecular weight excluding hydrogens is 358 g/mol. The first-order valence-corrected chi connectivity index (χ1v) is 5.92. The number of hydrogen-bond acceptors (Lipinski definition) is 2. The lowest BCUT2D eigenvalue weighted by Gasteiger charge is -2.14. The summed E-state index contributed by atoms with van der Waals surface area (Å²) in [7, 11) is 3.61. The fourth-order valence-electron chi connectivity index (χ4n) is 1.53. The van der Waals surface area contributed by atoms with Gasteiger partial charge >= 0.3 is 0 Å². The highest BCUT2D eigenvalue weighted by Gasteiger charge is 2.05. The van der Waals surface area contributed by atoms with E-state index in [1.54, 1.807) is 25.1 Å². The van der Waals surface area contributed by atoms with Crippen molar-refractivity contribution >= 4 is 35.6 Å². The maximum Gasteiger partial charge on any atom is 0.189 e. The smallest absolute Gasteiger partial charge is 0.189 e. The average molecular weight is 380 g/mol. The number of halogens is 2. The zero-order valence-electron chi connectivity index (χ0n) is 11.8. The predicted molar refractivity (Wildman–Crippen MR) is 89.7 cm³/mol. The second-order valence-corrected chi connectivity index (χ2v) is 4.68. The Balaban J connectivity index is 0.00000324. The monoisotopic (exact) mass is 380 g/mol. The molecule has 0 unspecified atom stereocenters. The van der Waals surface area contributed by atoms with Gasteiger partial charge in [-0.05, 0) is 31.5 Å². The van der Waals surface area contributed by atoms with Crippen molar-refractivity contribution in [2.24, 2.45) is 10.7 Å². The second-order valence-electron chi connectivity index (χ2n) is 4.68. The molecule has 0 fully saturated rings. The highest BCUT2D eigenvalue weighted by molar-refractivity contribution is 14.0. The Kier molecular flexibility index (Phi) is 7.73. The molecule has 19 heavy (non-hydrogen) atoms. The molecule has 1 aromatic carbocycles. The molecule has 1 rings (SSSR count). The summed E-state index contributed by atoms with van der Waals surface area (Å²) in [6, 6.07) is 5.32. The molecule has 0 spiro atoms. The van der Waals surface area contributed by atoms with Crippen molar-refractivity contribution in [3.63, 3.8) is 0 Å². The van der Waals surface area contributed by atoms with E-state index < -0.39 is 0 Å². The summed E-state index contributed by atoms with van der Waals surface area (Å²) in [5.41, 5.74) is 7.04. The molecule has 1 aromatic rings. The minimum Gasteiger partial charge on any atom is -0.375 e. The van der Waals surface area contributed by atoms with Crippen LogP contribution in [-0.2, 0) is 6.54 Å². The number of guanidine groups is 1. The Bertz CT molecular complexity index is 433. The summed E-state index contributed by atoms with van der Waals surface area (Å²) in [4.78, 5) is 5.89. The molecule has 0 heterocycles. The Hall–Kier alpha value is -1.05. The van der Waals surface area contributed by atoms with Crippen molar-refractivity contribution in [2.75, 3.05) is 19.0 Å². The van der Waals surface area contributed by atoms with E-state index in [1.807, 2.05) is 19.9 Å². The summed E-state index contributed by atoms with van der Waals surface area (Å²) in [5, 5.41) is 2.98. The molecule has 0 aliphatic rings. The van der Waals surface area contributed by atoms with Crippen LogP contribution in [0.5, 0.6) is 0 Å². The molecule has 0 aliphatic heterocycles. The number of rotatable bonds is 4. The van der Waals surface area contributed by atoms with E-state index in [4.69, 9.17) is 5.73 Å². The first-order chi connectivity index (χ1) is 8.40. The van der Waals surface area contributed by atoms with E-state index in [0.717, 1.165) is 5.56 Å². The van der Waals surface area contributed by atoms with Gasteiger partial charge in [0.25, 0.3) is 0 Å². The summed E-state index contributed by atoms with van der Waals surface area (Å²) in [5.74, 6) is 0.130. The number of hydrogen-bond donors (Lipinski definition) is 2. The van der Waals surface area contributed by atoms with E-state index >= 15 is 0 Å². The Labute approximate surface area is 131 Å². The average Bonchev–Trinajstić information content (AvgIpc) is 2.25. The van der Waals surface area contributed by atoms with Crippen molar-refractivity contribution in [3.8, 4) is 0 Å². The first-order valence-electron chi connectivity index (χ1n) is 5.92. The van der Waals surface area contributed by atoms with Gasteiger partial charge < -0.3 is 16.0 Å². The third-order valence-corrected chi connectivity index (χ3v) is 2.36. The van der Waals surface area contributed by atoms with E-state index in [-0.39, 0.29) is 35.8 Å². The van der Waals surface area contributed by atoms with E-state index in [9.17, 15) is 4.39 Å². The molecule has 0 aromatic heterocycles. The Morgan fingerprint density at radius 1 is 1.42 bits per heavy atom. The van der Waals surface area contributed by atoms with Gasteiger partial charge in [0.15, 0.2) is 5.96 Å². The standard InChI is InChI=1S/C13H21FN4.HI/c1-9(2)17-13(15)16-8-10-5-6-12(18(3)4)11(14)7-10;/h5-7,9H,8H2,1-4H3,(H3,15,16,17);1H. The lowest BCUT2D eigenvalue weighted by molar-refractivity contribution is 0.623. The zero-order chi connectivity index (χ0) is 13.7. The number of aliphatic imine (C=N–C) groups is 1. The summed E-state index contributed by atoms with van der Waals surface area (Å²) < 4.78 is 13.7. The third-order valence-electron chi connectivity index (χ3n) is 2.36. The van der Waals surface area contributed by atoms with Crippen LogP contribution < -0.4 is 16.0 Å². The number of nitrogens with zero attached hydrogens (tertiary/aromatic N) is 2. The highest BCUT2D eigenvalue weighted by Crippen LogP contribution is 2.18. The normalized spacial score (nSPS) is 11.2. The maximum absolute atomic E-state index is 13.7. The van der Waals surface area contributed by atoms with E-state index in [1.165, 1.54) is 6.07 Å². The molecule has 0 saturated heterocycles. The van der Waals surface area contributed by atoms with Gasteiger partial charge in [-0.15, -0.1) is 24.0 Å². The lowest BCUT2D eigenvalue weighted by Crippen LogP contribution is -2.36. The van der Waals surface area contributed by atoms with Crippen LogP contribution in [0.25, 0.3) is 0 Å². The predicted octanol–water partition coefficient (Wildman–Crippen LogP) is 2.32. The molecule has 0 aliphatic carbocycles. The second kappa shape index (κ2) is 8.19. The fourth-order valence-corrected chi connectivity index (χ4v) is 1.53. The molecule has 0 bridgehead atoms. The number of nitrogens with two attached hydrogens (primary N) is 1. The third kappa shape index (κ3) is 6.09. The molecule has 0 amide bonds. The molecule has 108 valence electrons. The van der Waals surface area contributed by atoms with Crippen LogP contribution in [0, 0.1) is 5.82 Å². The topological polar surface area (TPSA) is 53.6 Å².